The normalized spacial score (nSPS) is 19.1. The third kappa shape index (κ3) is 4.15. The number of carboxylic acid groups (broad SMARTS) is 1. The van der Waals surface area contributed by atoms with Crippen LogP contribution in [0.25, 0.3) is 0 Å². The van der Waals surface area contributed by atoms with E-state index in [0.29, 0.717) is 18.7 Å². The smallest absolute Gasteiger partial charge is 0.331 e. The largest absolute Gasteiger partial charge is 0.479 e. The average molecular weight is 400 g/mol. The fraction of sp³-hybridized carbons (Fsp3) is 0.400. The van der Waals surface area contributed by atoms with Crippen LogP contribution in [0.1, 0.15) is 24.2 Å². The summed E-state index contributed by atoms with van der Waals surface area (Å²) in [7, 11) is 0. The predicted molar refractivity (Wildman–Crippen MR) is 108 cm³/mol. The van der Waals surface area contributed by atoms with Crippen LogP contribution in [0, 0.1) is 0 Å². The molecule has 1 saturated heterocycles. The molecule has 2 aromatic rings. The third-order valence-corrected chi connectivity index (χ3v) is 5.63. The van der Waals surface area contributed by atoms with Crippen LogP contribution in [0.3, 0.4) is 0 Å². The van der Waals surface area contributed by atoms with Crippen LogP contribution >= 0.6 is 11.6 Å². The third-order valence-electron chi connectivity index (χ3n) is 5.26. The van der Waals surface area contributed by atoms with E-state index in [-0.39, 0.29) is 0 Å². The molecule has 4 rings (SSSR count). The Morgan fingerprint density at radius 2 is 1.96 bits per heavy atom. The monoisotopic (exact) mass is 399 g/mol. The zero-order valence-corrected chi connectivity index (χ0v) is 16.2. The molecular weight excluding hydrogens is 378 g/mol. The summed E-state index contributed by atoms with van der Waals surface area (Å²) in [5.74, 6) is 0.409. The summed E-state index contributed by atoms with van der Waals surface area (Å²) < 4.78 is 0. The highest BCUT2D eigenvalue weighted by Gasteiger charge is 2.50. The molecule has 1 aromatic heterocycles. The second kappa shape index (κ2) is 7.85. The number of aromatic nitrogens is 2. The Balaban J connectivity index is 1.36. The highest BCUT2D eigenvalue weighted by atomic mass is 35.5. The minimum atomic E-state index is -0.955. The van der Waals surface area contributed by atoms with Crippen molar-refractivity contribution in [1.29, 1.82) is 0 Å². The summed E-state index contributed by atoms with van der Waals surface area (Å²) in [6.45, 7) is 4.39. The number of piperazine rings is 1. The van der Waals surface area contributed by atoms with Crippen molar-refractivity contribution in [2.24, 2.45) is 4.99 Å². The van der Waals surface area contributed by atoms with Gasteiger partial charge in [-0.15, -0.1) is 0 Å². The van der Waals surface area contributed by atoms with Crippen LogP contribution < -0.4 is 4.90 Å². The summed E-state index contributed by atoms with van der Waals surface area (Å²) >= 11 is 6.27. The Labute approximate surface area is 168 Å². The molecule has 1 saturated carbocycles. The van der Waals surface area contributed by atoms with E-state index >= 15 is 0 Å². The van der Waals surface area contributed by atoms with Gasteiger partial charge in [0, 0.05) is 43.9 Å². The Hall–Kier alpha value is -2.51. The lowest BCUT2D eigenvalue weighted by Gasteiger charge is -2.35. The van der Waals surface area contributed by atoms with Crippen molar-refractivity contribution in [2.45, 2.75) is 24.9 Å². The Morgan fingerprint density at radius 1 is 1.21 bits per heavy atom. The van der Waals surface area contributed by atoms with Crippen molar-refractivity contribution in [3.8, 4) is 0 Å². The molecule has 1 aromatic carbocycles. The fourth-order valence-corrected chi connectivity index (χ4v) is 3.50. The summed E-state index contributed by atoms with van der Waals surface area (Å²) in [5.41, 5.74) is 0.189. The molecule has 8 heteroatoms. The van der Waals surface area contributed by atoms with Gasteiger partial charge in [-0.1, -0.05) is 29.8 Å². The van der Waals surface area contributed by atoms with Crippen molar-refractivity contribution in [3.05, 3.63) is 52.9 Å². The number of anilines is 1. The van der Waals surface area contributed by atoms with Gasteiger partial charge in [-0.3, -0.25) is 9.89 Å². The minimum Gasteiger partial charge on any atom is -0.479 e. The molecular formula is C20H22ClN5O2. The maximum absolute atomic E-state index is 11.2. The Morgan fingerprint density at radius 3 is 2.64 bits per heavy atom. The molecule has 1 N–H and O–H groups in total. The lowest BCUT2D eigenvalue weighted by atomic mass is 10.2. The first-order chi connectivity index (χ1) is 13.6. The second-order valence-corrected chi connectivity index (χ2v) is 7.63. The SMILES string of the molecule is O=C(O)C1(N=Cc2nccc(N3CCN(Cc4ccccc4Cl)CC3)n2)CC1. The van der Waals surface area contributed by atoms with Crippen molar-refractivity contribution >= 4 is 29.6 Å². The standard InChI is InChI=1S/C20H22ClN5O2/c21-16-4-2-1-3-15(16)14-25-9-11-26(12-10-25)18-5-8-22-17(24-18)13-23-20(6-7-20)19(27)28/h1-5,8,13H,6-7,9-12,14H2,(H,27,28). The van der Waals surface area contributed by atoms with Gasteiger partial charge in [-0.05, 0) is 30.5 Å². The number of nitrogens with zero attached hydrogens (tertiary/aromatic N) is 5. The zero-order valence-electron chi connectivity index (χ0n) is 15.5. The number of rotatable bonds is 6. The number of carbonyl (C=O) groups is 1. The first kappa shape index (κ1) is 18.8. The highest BCUT2D eigenvalue weighted by Crippen LogP contribution is 2.39. The molecule has 1 aliphatic carbocycles. The van der Waals surface area contributed by atoms with E-state index in [4.69, 9.17) is 11.6 Å². The number of carboxylic acids is 1. The lowest BCUT2D eigenvalue weighted by Crippen LogP contribution is -2.46. The van der Waals surface area contributed by atoms with Crippen LogP contribution in [0.15, 0.2) is 41.5 Å². The number of halogens is 1. The molecule has 2 heterocycles. The van der Waals surface area contributed by atoms with E-state index in [1.807, 2.05) is 24.3 Å². The molecule has 0 bridgehead atoms. The van der Waals surface area contributed by atoms with Crippen LogP contribution in [-0.2, 0) is 11.3 Å². The summed E-state index contributed by atoms with van der Waals surface area (Å²) in [6, 6.07) is 9.83. The van der Waals surface area contributed by atoms with E-state index in [9.17, 15) is 9.90 Å². The molecule has 0 radical (unpaired) electrons. The first-order valence-corrected chi connectivity index (χ1v) is 9.76. The number of benzene rings is 1. The lowest BCUT2D eigenvalue weighted by molar-refractivity contribution is -0.139. The maximum atomic E-state index is 11.2. The average Bonchev–Trinajstić information content (AvgIpc) is 3.51. The molecule has 0 unspecified atom stereocenters. The molecule has 1 aliphatic heterocycles. The summed E-state index contributed by atoms with van der Waals surface area (Å²) in [5, 5.41) is 10.0. The van der Waals surface area contributed by atoms with Gasteiger partial charge in [0.05, 0.1) is 6.21 Å². The minimum absolute atomic E-state index is 0.448. The molecule has 0 atom stereocenters. The van der Waals surface area contributed by atoms with Gasteiger partial charge in [-0.25, -0.2) is 14.8 Å². The topological polar surface area (TPSA) is 81.9 Å². The zero-order chi connectivity index (χ0) is 19.6. The molecule has 7 nitrogen and oxygen atoms in total. The number of aliphatic carboxylic acids is 1. The van der Waals surface area contributed by atoms with Crippen LogP contribution in [0.4, 0.5) is 5.82 Å². The van der Waals surface area contributed by atoms with Gasteiger partial charge < -0.3 is 10.0 Å². The van der Waals surface area contributed by atoms with E-state index < -0.39 is 11.5 Å². The van der Waals surface area contributed by atoms with Crippen molar-refractivity contribution < 1.29 is 9.90 Å². The number of hydrogen-bond acceptors (Lipinski definition) is 6. The molecule has 2 fully saturated rings. The molecule has 28 heavy (non-hydrogen) atoms. The van der Waals surface area contributed by atoms with E-state index in [1.54, 1.807) is 6.20 Å². The predicted octanol–water partition coefficient (Wildman–Crippen LogP) is 2.49. The van der Waals surface area contributed by atoms with E-state index in [2.05, 4.69) is 30.8 Å². The van der Waals surface area contributed by atoms with Gasteiger partial charge in [-0.2, -0.15) is 0 Å². The van der Waals surface area contributed by atoms with Crippen LogP contribution in [0.5, 0.6) is 0 Å². The summed E-state index contributed by atoms with van der Waals surface area (Å²) in [4.78, 5) is 28.8. The van der Waals surface area contributed by atoms with Crippen molar-refractivity contribution in [3.63, 3.8) is 0 Å². The van der Waals surface area contributed by atoms with E-state index in [1.165, 1.54) is 6.21 Å². The second-order valence-electron chi connectivity index (χ2n) is 7.22. The number of aliphatic imine (C=N–C) groups is 1. The fourth-order valence-electron chi connectivity index (χ4n) is 3.30. The summed E-state index contributed by atoms with van der Waals surface area (Å²) in [6.07, 6.45) is 4.33. The quantitative estimate of drug-likeness (QED) is 0.751. The van der Waals surface area contributed by atoms with Crippen LogP contribution in [0.2, 0.25) is 5.02 Å². The van der Waals surface area contributed by atoms with Gasteiger partial charge in [0.15, 0.2) is 11.4 Å². The van der Waals surface area contributed by atoms with Gasteiger partial charge in [0.1, 0.15) is 5.82 Å². The molecule has 146 valence electrons. The Bertz CT molecular complexity index is 892. The molecule has 0 spiro atoms. The van der Waals surface area contributed by atoms with Gasteiger partial charge in [0.25, 0.3) is 0 Å². The maximum Gasteiger partial charge on any atom is 0.331 e. The van der Waals surface area contributed by atoms with Gasteiger partial charge >= 0.3 is 5.97 Å². The van der Waals surface area contributed by atoms with E-state index in [0.717, 1.165) is 49.1 Å². The molecule has 2 aliphatic rings. The molecule has 0 amide bonds. The first-order valence-electron chi connectivity index (χ1n) is 9.38. The van der Waals surface area contributed by atoms with Crippen LogP contribution in [-0.4, -0.2) is 63.9 Å². The van der Waals surface area contributed by atoms with Crippen molar-refractivity contribution in [1.82, 2.24) is 14.9 Å². The Kier molecular flexibility index (Phi) is 5.28. The number of hydrogen-bond donors (Lipinski definition) is 1. The van der Waals surface area contributed by atoms with Crippen molar-refractivity contribution in [2.75, 3.05) is 31.1 Å². The highest BCUT2D eigenvalue weighted by molar-refractivity contribution is 6.31. The van der Waals surface area contributed by atoms with Gasteiger partial charge in [0.2, 0.25) is 0 Å².